The van der Waals surface area contributed by atoms with Crippen molar-refractivity contribution in [3.63, 3.8) is 0 Å². The third-order valence-corrected chi connectivity index (χ3v) is 4.71. The minimum absolute atomic E-state index is 0.0795. The van der Waals surface area contributed by atoms with Crippen LogP contribution in [-0.4, -0.2) is 11.0 Å². The maximum Gasteiger partial charge on any atom is 0.0508 e. The summed E-state index contributed by atoms with van der Waals surface area (Å²) in [5.41, 5.74) is 9.96. The molecular formula is C16H20N2S. The molecule has 1 aromatic heterocycles. The van der Waals surface area contributed by atoms with Gasteiger partial charge in [0.05, 0.1) is 5.25 Å². The van der Waals surface area contributed by atoms with Crippen LogP contribution in [0.25, 0.3) is 0 Å². The van der Waals surface area contributed by atoms with Gasteiger partial charge in [-0.15, -0.1) is 11.8 Å². The van der Waals surface area contributed by atoms with Gasteiger partial charge in [0.1, 0.15) is 0 Å². The fraction of sp³-hybridized carbons (Fsp3) is 0.312. The smallest absolute Gasteiger partial charge is 0.0508 e. The van der Waals surface area contributed by atoms with Gasteiger partial charge in [-0.05, 0) is 55.7 Å². The predicted molar refractivity (Wildman–Crippen MR) is 82.4 cm³/mol. The molecule has 1 aromatic carbocycles. The van der Waals surface area contributed by atoms with E-state index in [0.717, 1.165) is 0 Å². The van der Waals surface area contributed by atoms with Gasteiger partial charge in [0.25, 0.3) is 0 Å². The molecule has 2 atom stereocenters. The van der Waals surface area contributed by atoms with E-state index in [2.05, 4.69) is 43.1 Å². The highest BCUT2D eigenvalue weighted by atomic mass is 32.2. The van der Waals surface area contributed by atoms with Crippen LogP contribution in [0.3, 0.4) is 0 Å². The second kappa shape index (κ2) is 6.22. The largest absolute Gasteiger partial charge is 0.327 e. The second-order valence-electron chi connectivity index (χ2n) is 4.93. The normalized spacial score (nSPS) is 14.1. The first-order valence-electron chi connectivity index (χ1n) is 6.47. The molecule has 2 unspecified atom stereocenters. The highest BCUT2D eigenvalue weighted by Gasteiger charge is 2.18. The van der Waals surface area contributed by atoms with Crippen LogP contribution in [-0.2, 0) is 0 Å². The van der Waals surface area contributed by atoms with Gasteiger partial charge in [-0.2, -0.15) is 0 Å². The van der Waals surface area contributed by atoms with Crippen molar-refractivity contribution < 1.29 is 0 Å². The molecule has 0 aliphatic heterocycles. The topological polar surface area (TPSA) is 38.9 Å². The lowest BCUT2D eigenvalue weighted by Crippen LogP contribution is -2.22. The van der Waals surface area contributed by atoms with E-state index in [4.69, 9.17) is 5.73 Å². The van der Waals surface area contributed by atoms with Crippen LogP contribution in [0.1, 0.15) is 28.9 Å². The molecule has 1 heterocycles. The molecule has 19 heavy (non-hydrogen) atoms. The molecular weight excluding hydrogens is 252 g/mol. The lowest BCUT2D eigenvalue weighted by Gasteiger charge is -2.20. The molecule has 0 aliphatic carbocycles. The molecule has 2 aromatic rings. The molecule has 2 rings (SSSR count). The van der Waals surface area contributed by atoms with Gasteiger partial charge in [-0.3, -0.25) is 4.98 Å². The minimum Gasteiger partial charge on any atom is -0.327 e. The number of pyridine rings is 1. The van der Waals surface area contributed by atoms with E-state index in [1.165, 1.54) is 21.6 Å². The van der Waals surface area contributed by atoms with Crippen molar-refractivity contribution in [2.75, 3.05) is 0 Å². The number of aromatic nitrogens is 1. The summed E-state index contributed by atoms with van der Waals surface area (Å²) in [6, 6.07) is 10.7. The number of aryl methyl sites for hydroxylation is 2. The minimum atomic E-state index is 0.0795. The van der Waals surface area contributed by atoms with E-state index in [1.54, 1.807) is 6.20 Å². The van der Waals surface area contributed by atoms with Crippen LogP contribution in [0.2, 0.25) is 0 Å². The Morgan fingerprint density at radius 2 is 1.95 bits per heavy atom. The molecule has 3 heteroatoms. The van der Waals surface area contributed by atoms with E-state index < -0.39 is 0 Å². The molecule has 0 saturated carbocycles. The van der Waals surface area contributed by atoms with E-state index >= 15 is 0 Å². The third-order valence-electron chi connectivity index (χ3n) is 3.23. The first kappa shape index (κ1) is 14.1. The van der Waals surface area contributed by atoms with Gasteiger partial charge < -0.3 is 5.73 Å². The Morgan fingerprint density at radius 3 is 2.53 bits per heavy atom. The first-order chi connectivity index (χ1) is 9.08. The highest BCUT2D eigenvalue weighted by molar-refractivity contribution is 7.99. The molecule has 0 saturated heterocycles. The van der Waals surface area contributed by atoms with Crippen LogP contribution in [0.15, 0.2) is 47.6 Å². The molecule has 2 nitrogen and oxygen atoms in total. The molecule has 100 valence electrons. The van der Waals surface area contributed by atoms with Crippen LogP contribution in [0, 0.1) is 13.8 Å². The standard InChI is InChI=1S/C16H20N2S/c1-11-6-7-15(9-12(11)2)19-16(13(3)17)14-5-4-8-18-10-14/h4-10,13,16H,17H2,1-3H3. The van der Waals surface area contributed by atoms with E-state index in [-0.39, 0.29) is 11.3 Å². The van der Waals surface area contributed by atoms with Gasteiger partial charge in [0.2, 0.25) is 0 Å². The molecule has 0 aliphatic rings. The van der Waals surface area contributed by atoms with Crippen molar-refractivity contribution in [3.8, 4) is 0 Å². The lowest BCUT2D eigenvalue weighted by atomic mass is 10.1. The fourth-order valence-electron chi connectivity index (χ4n) is 1.96. The van der Waals surface area contributed by atoms with Crippen molar-refractivity contribution in [3.05, 3.63) is 59.4 Å². The van der Waals surface area contributed by atoms with Gasteiger partial charge in [-0.25, -0.2) is 0 Å². The zero-order chi connectivity index (χ0) is 13.8. The Bertz CT molecular complexity index is 538. The van der Waals surface area contributed by atoms with Gasteiger partial charge in [0, 0.05) is 23.3 Å². The summed E-state index contributed by atoms with van der Waals surface area (Å²) >= 11 is 1.81. The van der Waals surface area contributed by atoms with Crippen molar-refractivity contribution >= 4 is 11.8 Å². The van der Waals surface area contributed by atoms with Crippen LogP contribution >= 0.6 is 11.8 Å². The Kier molecular flexibility index (Phi) is 4.61. The van der Waals surface area contributed by atoms with Crippen LogP contribution < -0.4 is 5.73 Å². The predicted octanol–water partition coefficient (Wildman–Crippen LogP) is 3.88. The van der Waals surface area contributed by atoms with E-state index in [0.29, 0.717) is 0 Å². The number of hydrogen-bond donors (Lipinski definition) is 1. The maximum absolute atomic E-state index is 6.14. The van der Waals surface area contributed by atoms with Gasteiger partial charge >= 0.3 is 0 Å². The molecule has 0 bridgehead atoms. The molecule has 0 spiro atoms. The van der Waals surface area contributed by atoms with Crippen LogP contribution in [0.5, 0.6) is 0 Å². The summed E-state index contributed by atoms with van der Waals surface area (Å²) in [6.07, 6.45) is 3.70. The quantitative estimate of drug-likeness (QED) is 0.858. The zero-order valence-electron chi connectivity index (χ0n) is 11.6. The molecule has 0 radical (unpaired) electrons. The van der Waals surface area contributed by atoms with Crippen molar-refractivity contribution in [2.45, 2.75) is 37.0 Å². The summed E-state index contributed by atoms with van der Waals surface area (Å²) in [4.78, 5) is 5.45. The van der Waals surface area contributed by atoms with E-state index in [9.17, 15) is 0 Å². The zero-order valence-corrected chi connectivity index (χ0v) is 12.4. The summed E-state index contributed by atoms with van der Waals surface area (Å²) in [6.45, 7) is 6.32. The third kappa shape index (κ3) is 3.58. The van der Waals surface area contributed by atoms with Crippen molar-refractivity contribution in [1.29, 1.82) is 0 Å². The molecule has 0 amide bonds. The SMILES string of the molecule is Cc1ccc(SC(c2cccnc2)C(C)N)cc1C. The number of benzene rings is 1. The number of hydrogen-bond acceptors (Lipinski definition) is 3. The average molecular weight is 272 g/mol. The Labute approximate surface area is 119 Å². The molecule has 0 fully saturated rings. The highest BCUT2D eigenvalue weighted by Crippen LogP contribution is 2.37. The lowest BCUT2D eigenvalue weighted by molar-refractivity contribution is 0.719. The number of nitrogens with two attached hydrogens (primary N) is 1. The number of rotatable bonds is 4. The summed E-state index contributed by atoms with van der Waals surface area (Å²) < 4.78 is 0. The molecule has 2 N–H and O–H groups in total. The van der Waals surface area contributed by atoms with Crippen LogP contribution in [0.4, 0.5) is 0 Å². The van der Waals surface area contributed by atoms with Gasteiger partial charge in [-0.1, -0.05) is 12.1 Å². The Balaban J connectivity index is 2.24. The summed E-state index contributed by atoms with van der Waals surface area (Å²) in [5.74, 6) is 0. The second-order valence-corrected chi connectivity index (χ2v) is 6.14. The Morgan fingerprint density at radius 1 is 1.16 bits per heavy atom. The van der Waals surface area contributed by atoms with Crippen molar-refractivity contribution in [2.24, 2.45) is 5.73 Å². The maximum atomic E-state index is 6.14. The van der Waals surface area contributed by atoms with E-state index in [1.807, 2.05) is 30.9 Å². The average Bonchev–Trinajstić information content (AvgIpc) is 2.40. The number of thioether (sulfide) groups is 1. The van der Waals surface area contributed by atoms with Crippen molar-refractivity contribution in [1.82, 2.24) is 4.98 Å². The fourth-order valence-corrected chi connectivity index (χ4v) is 3.13. The van der Waals surface area contributed by atoms with Gasteiger partial charge in [0.15, 0.2) is 0 Å². The first-order valence-corrected chi connectivity index (χ1v) is 7.35. The summed E-state index contributed by atoms with van der Waals surface area (Å²) in [5, 5.41) is 0.232. The monoisotopic (exact) mass is 272 g/mol. The Hall–Kier alpha value is -1.32. The summed E-state index contributed by atoms with van der Waals surface area (Å²) in [7, 11) is 0. The number of nitrogens with zero attached hydrogens (tertiary/aromatic N) is 1.